The van der Waals surface area contributed by atoms with Crippen molar-refractivity contribution in [1.29, 1.82) is 5.26 Å². The van der Waals surface area contributed by atoms with E-state index in [1.165, 1.54) is 12.1 Å². The van der Waals surface area contributed by atoms with Crippen molar-refractivity contribution in [2.45, 2.75) is 18.4 Å². The fourth-order valence-electron chi connectivity index (χ4n) is 1.67. The average molecular weight is 190 g/mol. The number of nitriles is 1. The van der Waals surface area contributed by atoms with E-state index in [1.54, 1.807) is 12.1 Å². The van der Waals surface area contributed by atoms with Gasteiger partial charge in [-0.25, -0.2) is 4.39 Å². The lowest BCUT2D eigenvalue weighted by Gasteiger charge is -2.15. The predicted molar refractivity (Wildman–Crippen MR) is 50.9 cm³/mol. The molecule has 72 valence electrons. The minimum atomic E-state index is -0.218. The number of hydrogen-bond donors (Lipinski definition) is 1. The molecule has 0 unspecified atom stereocenters. The van der Waals surface area contributed by atoms with Crippen LogP contribution in [0.15, 0.2) is 24.3 Å². The lowest BCUT2D eigenvalue weighted by molar-refractivity contribution is 0.555. The van der Waals surface area contributed by atoms with Gasteiger partial charge in [0.05, 0.1) is 12.6 Å². The number of rotatable bonds is 3. The predicted octanol–water partition coefficient (Wildman–Crippen LogP) is 1.93. The zero-order valence-electron chi connectivity index (χ0n) is 7.76. The second kappa shape index (κ2) is 3.39. The smallest absolute Gasteiger partial charge is 0.123 e. The highest BCUT2D eigenvalue weighted by Crippen LogP contribution is 2.45. The zero-order valence-corrected chi connectivity index (χ0v) is 7.76. The molecule has 1 saturated carbocycles. The Morgan fingerprint density at radius 1 is 1.36 bits per heavy atom. The Bertz CT molecular complexity index is 360. The molecule has 1 aliphatic rings. The second-order valence-electron chi connectivity index (χ2n) is 3.60. The van der Waals surface area contributed by atoms with Crippen LogP contribution in [0.3, 0.4) is 0 Å². The fraction of sp³-hybridized carbons (Fsp3) is 0.364. The Labute approximate surface area is 82.4 Å². The molecule has 0 atom stereocenters. The molecule has 1 N–H and O–H groups in total. The van der Waals surface area contributed by atoms with Crippen LogP contribution >= 0.6 is 0 Å². The summed E-state index contributed by atoms with van der Waals surface area (Å²) < 4.78 is 12.7. The van der Waals surface area contributed by atoms with Gasteiger partial charge in [-0.15, -0.1) is 0 Å². The molecule has 0 spiro atoms. The highest BCUT2D eigenvalue weighted by Gasteiger charge is 2.43. The van der Waals surface area contributed by atoms with E-state index in [0.29, 0.717) is 6.54 Å². The Balaban J connectivity index is 2.15. The summed E-state index contributed by atoms with van der Waals surface area (Å²) in [6.45, 7) is 0.345. The largest absolute Gasteiger partial charge is 0.295 e. The van der Waals surface area contributed by atoms with Crippen LogP contribution in [-0.2, 0) is 5.54 Å². The van der Waals surface area contributed by atoms with Crippen LogP contribution in [-0.4, -0.2) is 6.54 Å². The fourth-order valence-corrected chi connectivity index (χ4v) is 1.67. The van der Waals surface area contributed by atoms with Gasteiger partial charge in [-0.1, -0.05) is 12.1 Å². The molecule has 1 fully saturated rings. The Kier molecular flexibility index (Phi) is 2.22. The van der Waals surface area contributed by atoms with Gasteiger partial charge >= 0.3 is 0 Å². The van der Waals surface area contributed by atoms with Crippen molar-refractivity contribution in [2.75, 3.05) is 6.54 Å². The third kappa shape index (κ3) is 1.61. The minimum absolute atomic E-state index is 0.0522. The molecule has 0 radical (unpaired) electrons. The van der Waals surface area contributed by atoms with Crippen LogP contribution in [0.2, 0.25) is 0 Å². The molecule has 3 heteroatoms. The summed E-state index contributed by atoms with van der Waals surface area (Å²) in [5.74, 6) is -0.218. The van der Waals surface area contributed by atoms with Crippen LogP contribution in [0.5, 0.6) is 0 Å². The van der Waals surface area contributed by atoms with Gasteiger partial charge in [0.1, 0.15) is 5.82 Å². The summed E-state index contributed by atoms with van der Waals surface area (Å²) in [6, 6.07) is 8.55. The molecular formula is C11H11FN2. The minimum Gasteiger partial charge on any atom is -0.295 e. The highest BCUT2D eigenvalue weighted by atomic mass is 19.1. The van der Waals surface area contributed by atoms with Crippen molar-refractivity contribution in [2.24, 2.45) is 0 Å². The van der Waals surface area contributed by atoms with Crippen molar-refractivity contribution < 1.29 is 4.39 Å². The third-order valence-corrected chi connectivity index (χ3v) is 2.65. The van der Waals surface area contributed by atoms with Crippen LogP contribution in [0, 0.1) is 17.1 Å². The van der Waals surface area contributed by atoms with E-state index >= 15 is 0 Å². The van der Waals surface area contributed by atoms with Gasteiger partial charge in [0.15, 0.2) is 0 Å². The topological polar surface area (TPSA) is 35.8 Å². The van der Waals surface area contributed by atoms with E-state index in [9.17, 15) is 4.39 Å². The van der Waals surface area contributed by atoms with Gasteiger partial charge in [0.25, 0.3) is 0 Å². The van der Waals surface area contributed by atoms with Crippen LogP contribution in [0.1, 0.15) is 18.4 Å². The van der Waals surface area contributed by atoms with Gasteiger partial charge in [-0.3, -0.25) is 5.32 Å². The van der Waals surface area contributed by atoms with Gasteiger partial charge in [0.2, 0.25) is 0 Å². The van der Waals surface area contributed by atoms with Gasteiger partial charge < -0.3 is 0 Å². The maximum atomic E-state index is 12.7. The zero-order chi connectivity index (χ0) is 10.0. The first kappa shape index (κ1) is 9.17. The first-order valence-electron chi connectivity index (χ1n) is 4.65. The monoisotopic (exact) mass is 190 g/mol. The quantitative estimate of drug-likeness (QED) is 0.739. The Morgan fingerprint density at radius 2 is 2.00 bits per heavy atom. The van der Waals surface area contributed by atoms with Crippen LogP contribution < -0.4 is 5.32 Å². The SMILES string of the molecule is N#CCNC1(c2ccc(F)cc2)CC1. The summed E-state index contributed by atoms with van der Waals surface area (Å²) in [6.07, 6.45) is 2.06. The van der Waals surface area contributed by atoms with Crippen molar-refractivity contribution in [3.05, 3.63) is 35.6 Å². The maximum absolute atomic E-state index is 12.7. The highest BCUT2D eigenvalue weighted by molar-refractivity contribution is 5.30. The Morgan fingerprint density at radius 3 is 2.50 bits per heavy atom. The second-order valence-corrected chi connectivity index (χ2v) is 3.60. The molecule has 14 heavy (non-hydrogen) atoms. The molecule has 0 bridgehead atoms. The molecule has 2 nitrogen and oxygen atoms in total. The summed E-state index contributed by atoms with van der Waals surface area (Å²) in [5, 5.41) is 11.6. The molecule has 0 aliphatic heterocycles. The van der Waals surface area contributed by atoms with Gasteiger partial charge in [-0.05, 0) is 30.5 Å². The molecule has 0 aromatic heterocycles. The van der Waals surface area contributed by atoms with Crippen molar-refractivity contribution in [3.8, 4) is 6.07 Å². The maximum Gasteiger partial charge on any atom is 0.123 e. The van der Waals surface area contributed by atoms with Crippen LogP contribution in [0.25, 0.3) is 0 Å². The first-order chi connectivity index (χ1) is 6.77. The van der Waals surface area contributed by atoms with E-state index in [2.05, 4.69) is 11.4 Å². The number of nitrogens with one attached hydrogen (secondary N) is 1. The molecular weight excluding hydrogens is 179 g/mol. The molecule has 0 amide bonds. The van der Waals surface area contributed by atoms with E-state index in [-0.39, 0.29) is 11.4 Å². The summed E-state index contributed by atoms with van der Waals surface area (Å²) in [5.41, 5.74) is 1.03. The lowest BCUT2D eigenvalue weighted by atomic mass is 10.1. The Hall–Kier alpha value is -1.40. The molecule has 0 heterocycles. The average Bonchev–Trinajstić information content (AvgIpc) is 2.97. The molecule has 0 saturated heterocycles. The van der Waals surface area contributed by atoms with Gasteiger partial charge in [-0.2, -0.15) is 5.26 Å². The van der Waals surface area contributed by atoms with Crippen molar-refractivity contribution >= 4 is 0 Å². The number of hydrogen-bond acceptors (Lipinski definition) is 2. The van der Waals surface area contributed by atoms with Crippen molar-refractivity contribution in [1.82, 2.24) is 5.32 Å². The number of nitrogens with zero attached hydrogens (tertiary/aromatic N) is 1. The van der Waals surface area contributed by atoms with Crippen LogP contribution in [0.4, 0.5) is 4.39 Å². The van der Waals surface area contributed by atoms with E-state index < -0.39 is 0 Å². The summed E-state index contributed by atoms with van der Waals surface area (Å²) in [4.78, 5) is 0. The number of benzene rings is 1. The summed E-state index contributed by atoms with van der Waals surface area (Å²) >= 11 is 0. The van der Waals surface area contributed by atoms with Crippen molar-refractivity contribution in [3.63, 3.8) is 0 Å². The number of halogens is 1. The standard InChI is InChI=1S/C11H11FN2/c12-10-3-1-9(2-4-10)11(5-6-11)14-8-7-13/h1-4,14H,5-6,8H2. The summed E-state index contributed by atoms with van der Waals surface area (Å²) in [7, 11) is 0. The normalized spacial score (nSPS) is 17.4. The molecule has 1 aromatic carbocycles. The molecule has 2 rings (SSSR count). The first-order valence-corrected chi connectivity index (χ1v) is 4.65. The lowest BCUT2D eigenvalue weighted by Crippen LogP contribution is -2.29. The van der Waals surface area contributed by atoms with E-state index in [0.717, 1.165) is 18.4 Å². The molecule has 1 aliphatic carbocycles. The van der Waals surface area contributed by atoms with E-state index in [4.69, 9.17) is 5.26 Å². The van der Waals surface area contributed by atoms with Gasteiger partial charge in [0, 0.05) is 5.54 Å². The third-order valence-electron chi connectivity index (χ3n) is 2.65. The molecule has 1 aromatic rings. The van der Waals surface area contributed by atoms with E-state index in [1.807, 2.05) is 0 Å².